The normalized spacial score (nSPS) is 11.5. The van der Waals surface area contributed by atoms with Crippen LogP contribution in [0.2, 0.25) is 0 Å². The number of pyridine rings is 1. The van der Waals surface area contributed by atoms with E-state index in [9.17, 15) is 9.59 Å². The van der Waals surface area contributed by atoms with Gasteiger partial charge in [-0.2, -0.15) is 0 Å². The molecule has 0 atom stereocenters. The number of fused-ring (bicyclic) bond motifs is 1. The molecular formula is C31H31N5O4. The number of imide groups is 1. The molecular weight excluding hydrogens is 506 g/mol. The molecule has 4 rings (SSSR count). The lowest BCUT2D eigenvalue weighted by Crippen LogP contribution is -2.43. The van der Waals surface area contributed by atoms with Crippen LogP contribution in [0.4, 0.5) is 15.4 Å². The Morgan fingerprint density at radius 3 is 1.85 bits per heavy atom. The molecule has 0 aliphatic rings. The van der Waals surface area contributed by atoms with Crippen LogP contribution < -0.4 is 0 Å². The number of carbonyl (C=O) groups excluding carboxylic acids is 2. The molecule has 2 amide bonds. The van der Waals surface area contributed by atoms with Crippen LogP contribution in [0.5, 0.6) is 0 Å². The summed E-state index contributed by atoms with van der Waals surface area (Å²) in [6, 6.07) is 20.3. The first-order valence-electron chi connectivity index (χ1n) is 12.8. The maximum absolute atomic E-state index is 12.9. The molecule has 0 N–H and O–H groups in total. The number of hydrogen-bond acceptors (Lipinski definition) is 7. The molecule has 2 heterocycles. The molecule has 4 aromatic rings. The summed E-state index contributed by atoms with van der Waals surface area (Å²) in [5, 5.41) is 0. The SMILES string of the molecule is [C-]#[N+]c1ccc2nc(-c3ccc(CN(C(=O)OC(C)(C)C)C(=O)OC(C)(C)C)cc3)c(-c3ccccc3)nc2n1. The molecule has 0 radical (unpaired) electrons. The first kappa shape index (κ1) is 28.2. The van der Waals surface area contributed by atoms with Crippen LogP contribution in [-0.2, 0) is 16.0 Å². The topological polar surface area (TPSA) is 98.9 Å². The molecule has 2 aromatic carbocycles. The minimum Gasteiger partial charge on any atom is -0.443 e. The van der Waals surface area contributed by atoms with Crippen molar-refractivity contribution in [3.05, 3.63) is 83.7 Å². The fourth-order valence-electron chi connectivity index (χ4n) is 3.78. The minimum absolute atomic E-state index is 0.0393. The third-order valence-corrected chi connectivity index (χ3v) is 5.47. The fraction of sp³-hybridized carbons (Fsp3) is 0.290. The number of benzene rings is 2. The predicted molar refractivity (Wildman–Crippen MR) is 152 cm³/mol. The standard InChI is InChI=1S/C31H31N5O4/c1-30(2,3)39-28(37)36(29(38)40-31(4,5)6)19-20-13-15-22(16-14-20)25-26(21-11-9-8-10-12-21)35-27-23(33-25)17-18-24(32-7)34-27/h8-18H,19H2,1-6H3. The summed E-state index contributed by atoms with van der Waals surface area (Å²) in [7, 11) is 0. The summed E-state index contributed by atoms with van der Waals surface area (Å²) in [5.74, 6) is 0.248. The van der Waals surface area contributed by atoms with Crippen molar-refractivity contribution in [1.29, 1.82) is 0 Å². The highest BCUT2D eigenvalue weighted by atomic mass is 16.6. The molecule has 0 saturated carbocycles. The van der Waals surface area contributed by atoms with Crippen LogP contribution in [-0.4, -0.2) is 43.2 Å². The summed E-state index contributed by atoms with van der Waals surface area (Å²) >= 11 is 0. The Hall–Kier alpha value is -4.84. The van der Waals surface area contributed by atoms with E-state index in [4.69, 9.17) is 26.0 Å². The lowest BCUT2D eigenvalue weighted by molar-refractivity contribution is -0.000249. The van der Waals surface area contributed by atoms with Crippen LogP contribution in [0.15, 0.2) is 66.7 Å². The summed E-state index contributed by atoms with van der Waals surface area (Å²) in [6.07, 6.45) is -1.58. The summed E-state index contributed by atoms with van der Waals surface area (Å²) in [5.41, 5.74) is 2.98. The van der Waals surface area contributed by atoms with Crippen LogP contribution in [0.1, 0.15) is 47.1 Å². The van der Waals surface area contributed by atoms with E-state index >= 15 is 0 Å². The first-order valence-corrected chi connectivity index (χ1v) is 12.8. The highest BCUT2D eigenvalue weighted by Crippen LogP contribution is 2.31. The third-order valence-electron chi connectivity index (χ3n) is 5.47. The molecule has 0 bridgehead atoms. The first-order chi connectivity index (χ1) is 18.8. The number of aromatic nitrogens is 3. The number of carbonyl (C=O) groups is 2. The van der Waals surface area contributed by atoms with E-state index in [-0.39, 0.29) is 12.4 Å². The van der Waals surface area contributed by atoms with Gasteiger partial charge in [0.25, 0.3) is 11.5 Å². The molecule has 40 heavy (non-hydrogen) atoms. The van der Waals surface area contributed by atoms with Crippen molar-refractivity contribution in [3.8, 4) is 22.5 Å². The number of rotatable bonds is 4. The zero-order chi connectivity index (χ0) is 29.1. The van der Waals surface area contributed by atoms with E-state index in [0.717, 1.165) is 16.0 Å². The number of hydrogen-bond donors (Lipinski definition) is 0. The van der Waals surface area contributed by atoms with Gasteiger partial charge in [0.05, 0.1) is 12.2 Å². The van der Waals surface area contributed by atoms with Gasteiger partial charge in [-0.1, -0.05) is 66.2 Å². The van der Waals surface area contributed by atoms with Gasteiger partial charge in [-0.15, -0.1) is 0 Å². The van der Waals surface area contributed by atoms with Crippen molar-refractivity contribution in [1.82, 2.24) is 19.9 Å². The predicted octanol–water partition coefficient (Wildman–Crippen LogP) is 7.58. The van der Waals surface area contributed by atoms with E-state index in [1.807, 2.05) is 54.6 Å². The van der Waals surface area contributed by atoms with Gasteiger partial charge >= 0.3 is 12.2 Å². The highest BCUT2D eigenvalue weighted by Gasteiger charge is 2.31. The quantitative estimate of drug-likeness (QED) is 0.247. The fourth-order valence-corrected chi connectivity index (χ4v) is 3.78. The van der Waals surface area contributed by atoms with Gasteiger partial charge < -0.3 is 14.3 Å². The largest absolute Gasteiger partial charge is 0.443 e. The van der Waals surface area contributed by atoms with Crippen LogP contribution in [0.25, 0.3) is 38.5 Å². The smallest absolute Gasteiger partial charge is 0.420 e. The Balaban J connectivity index is 1.71. The van der Waals surface area contributed by atoms with E-state index in [0.29, 0.717) is 28.1 Å². The second kappa shape index (κ2) is 11.1. The van der Waals surface area contributed by atoms with E-state index < -0.39 is 23.4 Å². The lowest BCUT2D eigenvalue weighted by Gasteiger charge is -2.28. The minimum atomic E-state index is -0.788. The number of amides is 2. The van der Waals surface area contributed by atoms with Gasteiger partial charge in [0.2, 0.25) is 0 Å². The molecule has 204 valence electrons. The molecule has 9 nitrogen and oxygen atoms in total. The Labute approximate surface area is 233 Å². The lowest BCUT2D eigenvalue weighted by atomic mass is 10.0. The molecule has 0 fully saturated rings. The van der Waals surface area contributed by atoms with Crippen molar-refractivity contribution >= 4 is 29.2 Å². The van der Waals surface area contributed by atoms with Crippen molar-refractivity contribution in [3.63, 3.8) is 0 Å². The number of ether oxygens (including phenoxy) is 2. The van der Waals surface area contributed by atoms with Gasteiger partial charge in [0.1, 0.15) is 22.4 Å². The zero-order valence-electron chi connectivity index (χ0n) is 23.4. The zero-order valence-corrected chi connectivity index (χ0v) is 23.4. The van der Waals surface area contributed by atoms with E-state index in [1.165, 1.54) is 0 Å². The van der Waals surface area contributed by atoms with Gasteiger partial charge in [-0.25, -0.2) is 24.5 Å². The van der Waals surface area contributed by atoms with E-state index in [1.54, 1.807) is 53.7 Å². The summed E-state index contributed by atoms with van der Waals surface area (Å²) in [4.78, 5) is 44.1. The molecule has 0 unspecified atom stereocenters. The van der Waals surface area contributed by atoms with Crippen molar-refractivity contribution in [2.45, 2.75) is 59.3 Å². The molecule has 0 saturated heterocycles. The Morgan fingerprint density at radius 2 is 1.30 bits per heavy atom. The van der Waals surface area contributed by atoms with Gasteiger partial charge in [-0.05, 0) is 59.2 Å². The van der Waals surface area contributed by atoms with Crippen LogP contribution in [0.3, 0.4) is 0 Å². The highest BCUT2D eigenvalue weighted by molar-refractivity contribution is 5.88. The molecule has 9 heteroatoms. The maximum Gasteiger partial charge on any atom is 0.420 e. The van der Waals surface area contributed by atoms with Gasteiger partial charge in [-0.3, -0.25) is 0 Å². The Kier molecular flexibility index (Phi) is 7.82. The van der Waals surface area contributed by atoms with Gasteiger partial charge in [0, 0.05) is 11.1 Å². The van der Waals surface area contributed by atoms with Crippen LogP contribution in [0, 0.1) is 6.57 Å². The molecule has 0 aliphatic heterocycles. The second-order valence-corrected chi connectivity index (χ2v) is 11.2. The molecule has 2 aromatic heterocycles. The molecule has 0 spiro atoms. The monoisotopic (exact) mass is 537 g/mol. The van der Waals surface area contributed by atoms with E-state index in [2.05, 4.69) is 9.83 Å². The number of nitrogens with zero attached hydrogens (tertiary/aromatic N) is 5. The average Bonchev–Trinajstić information content (AvgIpc) is 2.89. The average molecular weight is 538 g/mol. The van der Waals surface area contributed by atoms with Crippen molar-refractivity contribution in [2.24, 2.45) is 0 Å². The summed E-state index contributed by atoms with van der Waals surface area (Å²) in [6.45, 7) is 17.7. The van der Waals surface area contributed by atoms with Crippen LogP contribution >= 0.6 is 0 Å². The van der Waals surface area contributed by atoms with Crippen molar-refractivity contribution in [2.75, 3.05) is 0 Å². The Bertz CT molecular complexity index is 1550. The Morgan fingerprint density at radius 1 is 0.750 bits per heavy atom. The third kappa shape index (κ3) is 6.97. The van der Waals surface area contributed by atoms with Crippen molar-refractivity contribution < 1.29 is 19.1 Å². The van der Waals surface area contributed by atoms with Gasteiger partial charge in [0.15, 0.2) is 0 Å². The maximum atomic E-state index is 12.9. The second-order valence-electron chi connectivity index (χ2n) is 11.2. The molecule has 0 aliphatic carbocycles. The summed E-state index contributed by atoms with van der Waals surface area (Å²) < 4.78 is 10.9.